The van der Waals surface area contributed by atoms with Gasteiger partial charge in [0.1, 0.15) is 5.82 Å². The van der Waals surface area contributed by atoms with Crippen LogP contribution in [0.2, 0.25) is 0 Å². The van der Waals surface area contributed by atoms with E-state index in [1.165, 1.54) is 0 Å². The summed E-state index contributed by atoms with van der Waals surface area (Å²) in [6.45, 7) is 6.48. The molecule has 0 aromatic carbocycles. The summed E-state index contributed by atoms with van der Waals surface area (Å²) in [5.41, 5.74) is 0.911. The number of piperidine rings is 1. The van der Waals surface area contributed by atoms with Crippen LogP contribution in [0.15, 0.2) is 6.07 Å². The lowest BCUT2D eigenvalue weighted by Crippen LogP contribution is -2.44. The van der Waals surface area contributed by atoms with E-state index in [-0.39, 0.29) is 23.6 Å². The molecule has 3 rings (SSSR count). The topological polar surface area (TPSA) is 84.3 Å². The van der Waals surface area contributed by atoms with Crippen molar-refractivity contribution in [3.05, 3.63) is 11.8 Å². The van der Waals surface area contributed by atoms with Crippen LogP contribution in [0.25, 0.3) is 0 Å². The molecule has 1 amide bonds. The first-order chi connectivity index (χ1) is 12.4. The molecular weight excluding hydrogens is 352 g/mol. The second kappa shape index (κ2) is 8.08. The average Bonchev–Trinajstić information content (AvgIpc) is 3.14. The zero-order valence-corrected chi connectivity index (χ0v) is 16.6. The lowest BCUT2D eigenvalue weighted by molar-refractivity contribution is -0.121. The number of likely N-dealkylation sites (tertiary alicyclic amines) is 1. The molecule has 7 nitrogen and oxygen atoms in total. The molecule has 26 heavy (non-hydrogen) atoms. The molecule has 1 atom stereocenters. The molecule has 1 aromatic rings. The molecule has 2 aliphatic heterocycles. The van der Waals surface area contributed by atoms with Gasteiger partial charge in [0, 0.05) is 24.6 Å². The Bertz CT molecular complexity index is 736. The third kappa shape index (κ3) is 4.65. The minimum absolute atomic E-state index is 0.0147. The monoisotopic (exact) mass is 382 g/mol. The number of rotatable bonds is 6. The van der Waals surface area contributed by atoms with Crippen molar-refractivity contribution < 1.29 is 13.2 Å². The maximum absolute atomic E-state index is 12.7. The van der Waals surface area contributed by atoms with Gasteiger partial charge in [-0.3, -0.25) is 9.69 Å². The second-order valence-electron chi connectivity index (χ2n) is 7.60. The fraction of sp³-hybridized carbons (Fsp3) is 0.778. The molecule has 2 aliphatic rings. The van der Waals surface area contributed by atoms with E-state index in [4.69, 9.17) is 0 Å². The number of unbranched alkanes of at least 4 members (excludes halogenated alkanes) is 1. The molecule has 1 unspecified atom stereocenters. The Morgan fingerprint density at radius 2 is 2.04 bits per heavy atom. The van der Waals surface area contributed by atoms with Crippen LogP contribution >= 0.6 is 0 Å². The molecule has 0 spiro atoms. The number of aromatic nitrogens is 2. The Labute approximate surface area is 156 Å². The van der Waals surface area contributed by atoms with Gasteiger partial charge in [0.15, 0.2) is 9.84 Å². The Kier molecular flexibility index (Phi) is 6.02. The highest BCUT2D eigenvalue weighted by Crippen LogP contribution is 2.25. The fourth-order valence-electron chi connectivity index (χ4n) is 3.94. The van der Waals surface area contributed by atoms with Crippen LogP contribution in [-0.2, 0) is 21.2 Å². The zero-order chi connectivity index (χ0) is 18.7. The highest BCUT2D eigenvalue weighted by Gasteiger charge is 2.35. The molecule has 0 bridgehead atoms. The largest absolute Gasteiger partial charge is 0.311 e. The number of nitrogens with one attached hydrogen (secondary N) is 1. The molecule has 146 valence electrons. The summed E-state index contributed by atoms with van der Waals surface area (Å²) in [6, 6.07) is 2.06. The highest BCUT2D eigenvalue weighted by atomic mass is 32.2. The van der Waals surface area contributed by atoms with Gasteiger partial charge in [-0.15, -0.1) is 0 Å². The summed E-state index contributed by atoms with van der Waals surface area (Å²) in [4.78, 5) is 14.9. The predicted molar refractivity (Wildman–Crippen MR) is 102 cm³/mol. The van der Waals surface area contributed by atoms with Crippen LogP contribution in [0.5, 0.6) is 0 Å². The normalized spacial score (nSPS) is 24.0. The van der Waals surface area contributed by atoms with E-state index in [0.717, 1.165) is 63.3 Å². The maximum Gasteiger partial charge on any atom is 0.228 e. The van der Waals surface area contributed by atoms with Crippen molar-refractivity contribution in [2.75, 3.05) is 29.9 Å². The number of carbonyl (C=O) groups excluding carboxylic acids is 1. The number of anilines is 1. The number of hydrogen-bond donors (Lipinski definition) is 1. The summed E-state index contributed by atoms with van der Waals surface area (Å²) < 4.78 is 25.2. The van der Waals surface area contributed by atoms with Crippen LogP contribution in [0.1, 0.15) is 44.7 Å². The minimum atomic E-state index is -2.86. The van der Waals surface area contributed by atoms with E-state index in [0.29, 0.717) is 5.75 Å². The van der Waals surface area contributed by atoms with Crippen LogP contribution in [0.4, 0.5) is 5.82 Å². The van der Waals surface area contributed by atoms with Gasteiger partial charge < -0.3 is 5.32 Å². The van der Waals surface area contributed by atoms with Crippen molar-refractivity contribution in [2.24, 2.45) is 5.92 Å². The quantitative estimate of drug-likeness (QED) is 0.811. The Morgan fingerprint density at radius 1 is 1.31 bits per heavy atom. The first kappa shape index (κ1) is 19.4. The van der Waals surface area contributed by atoms with E-state index in [9.17, 15) is 13.2 Å². The Hall–Kier alpha value is -1.41. The van der Waals surface area contributed by atoms with Gasteiger partial charge in [0.2, 0.25) is 5.91 Å². The lowest BCUT2D eigenvalue weighted by atomic mass is 9.94. The van der Waals surface area contributed by atoms with Crippen molar-refractivity contribution in [3.8, 4) is 0 Å². The van der Waals surface area contributed by atoms with Gasteiger partial charge in [-0.1, -0.05) is 13.3 Å². The van der Waals surface area contributed by atoms with Crippen molar-refractivity contribution >= 4 is 21.6 Å². The SMILES string of the molecule is CCCCn1nc(C)cc1NC(=O)C1CCN(C2CCS(=O)(=O)C2)CC1. The average molecular weight is 383 g/mol. The van der Waals surface area contributed by atoms with Gasteiger partial charge in [0.05, 0.1) is 17.2 Å². The van der Waals surface area contributed by atoms with Crippen LogP contribution in [0.3, 0.4) is 0 Å². The van der Waals surface area contributed by atoms with E-state index >= 15 is 0 Å². The molecule has 8 heteroatoms. The summed E-state index contributed by atoms with van der Waals surface area (Å²) >= 11 is 0. The number of sulfone groups is 1. The van der Waals surface area contributed by atoms with Gasteiger partial charge in [0.25, 0.3) is 0 Å². The molecule has 1 aromatic heterocycles. The molecular formula is C18H30N4O3S. The van der Waals surface area contributed by atoms with E-state index in [1.807, 2.05) is 17.7 Å². The first-order valence-corrected chi connectivity index (χ1v) is 11.5. The highest BCUT2D eigenvalue weighted by molar-refractivity contribution is 7.91. The summed E-state index contributed by atoms with van der Waals surface area (Å²) in [7, 11) is -2.86. The standard InChI is InChI=1S/C18H30N4O3S/c1-3-4-8-22-17(12-14(2)20-22)19-18(23)15-5-9-21(10-6-15)16-7-11-26(24,25)13-16/h12,15-16H,3-11,13H2,1-2H3,(H,19,23). The fourth-order valence-corrected chi connectivity index (χ4v) is 5.70. The van der Waals surface area contributed by atoms with E-state index < -0.39 is 9.84 Å². The van der Waals surface area contributed by atoms with Crippen molar-refractivity contribution in [3.63, 3.8) is 0 Å². The van der Waals surface area contributed by atoms with Crippen LogP contribution < -0.4 is 5.32 Å². The first-order valence-electron chi connectivity index (χ1n) is 9.68. The number of carbonyl (C=O) groups is 1. The number of aryl methyl sites for hydroxylation is 2. The van der Waals surface area contributed by atoms with Crippen molar-refractivity contribution in [1.29, 1.82) is 0 Å². The number of nitrogens with zero attached hydrogens (tertiary/aromatic N) is 3. The Morgan fingerprint density at radius 3 is 2.65 bits per heavy atom. The molecule has 0 radical (unpaired) electrons. The van der Waals surface area contributed by atoms with Crippen LogP contribution in [-0.4, -0.2) is 59.6 Å². The maximum atomic E-state index is 12.7. The molecule has 1 N–H and O–H groups in total. The molecule has 2 fully saturated rings. The number of hydrogen-bond acceptors (Lipinski definition) is 5. The molecule has 0 saturated carbocycles. The lowest BCUT2D eigenvalue weighted by Gasteiger charge is -2.34. The minimum Gasteiger partial charge on any atom is -0.311 e. The third-order valence-electron chi connectivity index (χ3n) is 5.50. The molecule has 3 heterocycles. The van der Waals surface area contributed by atoms with Gasteiger partial charge >= 0.3 is 0 Å². The molecule has 2 saturated heterocycles. The third-order valence-corrected chi connectivity index (χ3v) is 7.25. The summed E-state index contributed by atoms with van der Waals surface area (Å²) in [5.74, 6) is 1.41. The van der Waals surface area contributed by atoms with Gasteiger partial charge in [-0.2, -0.15) is 5.10 Å². The van der Waals surface area contributed by atoms with Crippen LogP contribution in [0, 0.1) is 12.8 Å². The number of amides is 1. The van der Waals surface area contributed by atoms with Gasteiger partial charge in [-0.25, -0.2) is 13.1 Å². The summed E-state index contributed by atoms with van der Waals surface area (Å²) in [6.07, 6.45) is 4.42. The van der Waals surface area contributed by atoms with E-state index in [2.05, 4.69) is 22.2 Å². The molecule has 0 aliphatic carbocycles. The van der Waals surface area contributed by atoms with Gasteiger partial charge in [-0.05, 0) is 45.7 Å². The van der Waals surface area contributed by atoms with Crippen molar-refractivity contribution in [2.45, 2.75) is 58.5 Å². The smallest absolute Gasteiger partial charge is 0.228 e. The van der Waals surface area contributed by atoms with Crippen molar-refractivity contribution in [1.82, 2.24) is 14.7 Å². The zero-order valence-electron chi connectivity index (χ0n) is 15.8. The summed E-state index contributed by atoms with van der Waals surface area (Å²) in [5, 5.41) is 7.52. The predicted octanol–water partition coefficient (Wildman–Crippen LogP) is 1.83. The second-order valence-corrected chi connectivity index (χ2v) is 9.83. The van der Waals surface area contributed by atoms with E-state index in [1.54, 1.807) is 0 Å². The Balaban J connectivity index is 1.53.